The maximum Gasteiger partial charge on any atom is 0.407 e. The minimum Gasteiger partial charge on any atom is -0.467 e. The highest BCUT2D eigenvalue weighted by atomic mass is 32.2. The highest BCUT2D eigenvalue weighted by Crippen LogP contribution is 2.14. The highest BCUT2D eigenvalue weighted by molar-refractivity contribution is 7.86. The largest absolute Gasteiger partial charge is 0.467 e. The molecule has 146 valence electrons. The van der Waals surface area contributed by atoms with Crippen LogP contribution in [0.4, 0.5) is 4.79 Å². The molecule has 2 atom stereocenters. The third kappa shape index (κ3) is 8.30. The second kappa shape index (κ2) is 9.00. The Kier molecular flexibility index (Phi) is 7.58. The molecule has 9 heteroatoms. The number of amides is 1. The zero-order chi connectivity index (χ0) is 20.0. The van der Waals surface area contributed by atoms with E-state index >= 15 is 0 Å². The third-order valence-corrected chi connectivity index (χ3v) is 3.63. The molecule has 0 heterocycles. The van der Waals surface area contributed by atoms with Crippen molar-refractivity contribution in [3.05, 3.63) is 35.9 Å². The molecular weight excluding hydrogens is 362 g/mol. The van der Waals surface area contributed by atoms with Gasteiger partial charge in [0.1, 0.15) is 5.60 Å². The maximum atomic E-state index is 12.1. The summed E-state index contributed by atoms with van der Waals surface area (Å²) in [7, 11) is -2.87. The van der Waals surface area contributed by atoms with Gasteiger partial charge in [-0.2, -0.15) is 8.42 Å². The Hall–Kier alpha value is -2.13. The normalized spacial score (nSPS) is 14.2. The number of hydrogen-bond acceptors (Lipinski definition) is 7. The number of ether oxygens (including phenoxy) is 2. The fraction of sp³-hybridized carbons (Fsp3) is 0.529. The van der Waals surface area contributed by atoms with Crippen molar-refractivity contribution in [1.29, 1.82) is 0 Å². The number of benzene rings is 1. The Labute approximate surface area is 153 Å². The van der Waals surface area contributed by atoms with Gasteiger partial charge in [0.15, 0.2) is 6.10 Å². The van der Waals surface area contributed by atoms with E-state index < -0.39 is 39.9 Å². The van der Waals surface area contributed by atoms with E-state index in [1.807, 2.05) is 6.07 Å². The first-order valence-electron chi connectivity index (χ1n) is 7.91. The summed E-state index contributed by atoms with van der Waals surface area (Å²) in [5.41, 5.74) is -0.000572. The average Bonchev–Trinajstić information content (AvgIpc) is 2.49. The first-order chi connectivity index (χ1) is 11.9. The summed E-state index contributed by atoms with van der Waals surface area (Å²) in [6, 6.07) is 7.91. The van der Waals surface area contributed by atoms with E-state index in [1.54, 1.807) is 45.0 Å². The average molecular weight is 387 g/mol. The first kappa shape index (κ1) is 21.9. The predicted octanol–water partition coefficient (Wildman–Crippen LogP) is 1.64. The molecule has 0 aliphatic carbocycles. The zero-order valence-corrected chi connectivity index (χ0v) is 16.3. The SMILES string of the molecule is COC(=O)[C@H](OS(C)(=O)=O)[C@H](Cc1ccccc1)NC(=O)OC(C)(C)C. The number of methoxy groups -OCH3 is 1. The number of nitrogens with one attached hydrogen (secondary N) is 1. The lowest BCUT2D eigenvalue weighted by atomic mass is 10.0. The molecule has 0 saturated carbocycles. The molecule has 8 nitrogen and oxygen atoms in total. The quantitative estimate of drug-likeness (QED) is 0.560. The van der Waals surface area contributed by atoms with Gasteiger partial charge in [-0.05, 0) is 32.8 Å². The summed E-state index contributed by atoms with van der Waals surface area (Å²) in [6.45, 7) is 5.05. The molecule has 1 rings (SSSR count). The molecule has 0 radical (unpaired) electrons. The van der Waals surface area contributed by atoms with Crippen molar-refractivity contribution < 1.29 is 31.7 Å². The standard InChI is InChI=1S/C17H25NO7S/c1-17(2,3)24-16(20)18-13(11-12-9-7-6-8-10-12)14(15(19)23-4)25-26(5,21)22/h6-10,13-14H,11H2,1-5H3,(H,18,20)/t13-,14+/m0/s1. The topological polar surface area (TPSA) is 108 Å². The van der Waals surface area contributed by atoms with E-state index in [-0.39, 0.29) is 6.42 Å². The monoisotopic (exact) mass is 387 g/mol. The third-order valence-electron chi connectivity index (χ3n) is 3.08. The molecule has 0 aliphatic rings. The van der Waals surface area contributed by atoms with Crippen LogP contribution in [0.2, 0.25) is 0 Å². The Bertz CT molecular complexity index is 710. The van der Waals surface area contributed by atoms with Gasteiger partial charge in [-0.3, -0.25) is 4.18 Å². The predicted molar refractivity (Wildman–Crippen MR) is 95.0 cm³/mol. The minimum absolute atomic E-state index is 0.134. The lowest BCUT2D eigenvalue weighted by Gasteiger charge is -2.27. The molecule has 26 heavy (non-hydrogen) atoms. The van der Waals surface area contributed by atoms with Crippen LogP contribution < -0.4 is 5.32 Å². The van der Waals surface area contributed by atoms with Gasteiger partial charge >= 0.3 is 12.1 Å². The fourth-order valence-corrected chi connectivity index (χ4v) is 2.73. The number of carbonyl (C=O) groups excluding carboxylic acids is 2. The van der Waals surface area contributed by atoms with Crippen LogP contribution in [0, 0.1) is 0 Å². The molecule has 1 N–H and O–H groups in total. The molecule has 0 bridgehead atoms. The van der Waals surface area contributed by atoms with Gasteiger partial charge in [0, 0.05) is 0 Å². The summed E-state index contributed by atoms with van der Waals surface area (Å²) in [5.74, 6) is -0.924. The van der Waals surface area contributed by atoms with Crippen LogP contribution in [0.25, 0.3) is 0 Å². The fourth-order valence-electron chi connectivity index (χ4n) is 2.14. The molecular formula is C17H25NO7S. The second-order valence-electron chi connectivity index (χ2n) is 6.69. The van der Waals surface area contributed by atoms with Gasteiger partial charge in [-0.15, -0.1) is 0 Å². The molecule has 0 unspecified atom stereocenters. The summed E-state index contributed by atoms with van der Waals surface area (Å²) < 4.78 is 37.8. The summed E-state index contributed by atoms with van der Waals surface area (Å²) in [5, 5.41) is 2.51. The number of carbonyl (C=O) groups is 2. The van der Waals surface area contributed by atoms with Gasteiger partial charge in [0.2, 0.25) is 0 Å². The van der Waals surface area contributed by atoms with Crippen LogP contribution in [0.1, 0.15) is 26.3 Å². The lowest BCUT2D eigenvalue weighted by molar-refractivity contribution is -0.150. The first-order valence-corrected chi connectivity index (χ1v) is 9.72. The van der Waals surface area contributed by atoms with Crippen molar-refractivity contribution >= 4 is 22.2 Å². The van der Waals surface area contributed by atoms with E-state index in [2.05, 4.69) is 10.1 Å². The Morgan fingerprint density at radius 2 is 1.73 bits per heavy atom. The molecule has 1 aromatic carbocycles. The summed E-state index contributed by atoms with van der Waals surface area (Å²) in [4.78, 5) is 24.2. The van der Waals surface area contributed by atoms with Crippen molar-refractivity contribution in [3.8, 4) is 0 Å². The molecule has 1 aromatic rings. The van der Waals surface area contributed by atoms with Crippen molar-refractivity contribution in [2.75, 3.05) is 13.4 Å². The van der Waals surface area contributed by atoms with Crippen molar-refractivity contribution in [3.63, 3.8) is 0 Å². The molecule has 0 spiro atoms. The van der Waals surface area contributed by atoms with Gasteiger partial charge in [-0.25, -0.2) is 9.59 Å². The Morgan fingerprint density at radius 3 is 2.19 bits per heavy atom. The van der Waals surface area contributed by atoms with E-state index in [4.69, 9.17) is 8.92 Å². The van der Waals surface area contributed by atoms with E-state index in [0.29, 0.717) is 0 Å². The van der Waals surface area contributed by atoms with E-state index in [1.165, 1.54) is 0 Å². The number of esters is 1. The van der Waals surface area contributed by atoms with Crippen molar-refractivity contribution in [1.82, 2.24) is 5.32 Å². The smallest absolute Gasteiger partial charge is 0.407 e. The number of rotatable bonds is 7. The molecule has 0 saturated heterocycles. The van der Waals surface area contributed by atoms with Crippen molar-refractivity contribution in [2.45, 2.75) is 44.9 Å². The molecule has 1 amide bonds. The van der Waals surface area contributed by atoms with E-state index in [0.717, 1.165) is 18.9 Å². The van der Waals surface area contributed by atoms with Gasteiger partial charge in [0.25, 0.3) is 10.1 Å². The van der Waals surface area contributed by atoms with Crippen LogP contribution in [-0.4, -0.2) is 51.6 Å². The zero-order valence-electron chi connectivity index (χ0n) is 15.5. The second-order valence-corrected chi connectivity index (χ2v) is 8.29. The highest BCUT2D eigenvalue weighted by Gasteiger charge is 2.35. The van der Waals surface area contributed by atoms with Crippen LogP contribution in [-0.2, 0) is 35.0 Å². The Balaban J connectivity index is 3.13. The molecule has 0 aliphatic heterocycles. The van der Waals surface area contributed by atoms with Crippen LogP contribution in [0.15, 0.2) is 30.3 Å². The van der Waals surface area contributed by atoms with Gasteiger partial charge < -0.3 is 14.8 Å². The van der Waals surface area contributed by atoms with E-state index in [9.17, 15) is 18.0 Å². The Morgan fingerprint density at radius 1 is 1.15 bits per heavy atom. The summed E-state index contributed by atoms with van der Waals surface area (Å²) in [6.07, 6.45) is -1.40. The van der Waals surface area contributed by atoms with Crippen LogP contribution in [0.5, 0.6) is 0 Å². The van der Waals surface area contributed by atoms with Crippen LogP contribution in [0.3, 0.4) is 0 Å². The van der Waals surface area contributed by atoms with Crippen LogP contribution >= 0.6 is 0 Å². The minimum atomic E-state index is -3.98. The molecule has 0 fully saturated rings. The summed E-state index contributed by atoms with van der Waals surface area (Å²) >= 11 is 0. The molecule has 0 aromatic heterocycles. The lowest BCUT2D eigenvalue weighted by Crippen LogP contribution is -2.51. The number of alkyl carbamates (subject to hydrolysis) is 1. The van der Waals surface area contributed by atoms with Gasteiger partial charge in [-0.1, -0.05) is 30.3 Å². The number of hydrogen-bond donors (Lipinski definition) is 1. The van der Waals surface area contributed by atoms with Gasteiger partial charge in [0.05, 0.1) is 19.4 Å². The van der Waals surface area contributed by atoms with Crippen molar-refractivity contribution in [2.24, 2.45) is 0 Å². The maximum absolute atomic E-state index is 12.1.